The van der Waals surface area contributed by atoms with Gasteiger partial charge in [-0.25, -0.2) is 0 Å². The van der Waals surface area contributed by atoms with Gasteiger partial charge in [0, 0.05) is 15.4 Å². The second-order valence-corrected chi connectivity index (χ2v) is 7.36. The molecule has 0 amide bonds. The van der Waals surface area contributed by atoms with E-state index in [1.807, 2.05) is 0 Å². The van der Waals surface area contributed by atoms with Gasteiger partial charge in [-0.05, 0) is 58.6 Å². The Morgan fingerprint density at radius 3 is 2.41 bits per heavy atom. The zero-order valence-electron chi connectivity index (χ0n) is 9.41. The summed E-state index contributed by atoms with van der Waals surface area (Å²) in [5.41, 5.74) is 8.75. The largest absolute Gasteiger partial charge is 0.323 e. The van der Waals surface area contributed by atoms with E-state index in [4.69, 9.17) is 5.73 Å². The van der Waals surface area contributed by atoms with Gasteiger partial charge in [-0.1, -0.05) is 28.1 Å². The van der Waals surface area contributed by atoms with Crippen LogP contribution in [0.15, 0.2) is 38.6 Å². The summed E-state index contributed by atoms with van der Waals surface area (Å²) in [5.74, 6) is 0. The van der Waals surface area contributed by atoms with Crippen molar-refractivity contribution in [3.8, 4) is 0 Å². The molecular weight excluding hydrogens is 362 g/mol. The van der Waals surface area contributed by atoms with Gasteiger partial charge < -0.3 is 5.73 Å². The van der Waals surface area contributed by atoms with Crippen molar-refractivity contribution in [2.24, 2.45) is 5.73 Å². The van der Waals surface area contributed by atoms with E-state index >= 15 is 0 Å². The third-order valence-corrected chi connectivity index (χ3v) is 5.41. The Hall–Kier alpha value is -0.160. The number of nitrogens with two attached hydrogens (primary N) is 1. The van der Waals surface area contributed by atoms with E-state index in [1.165, 1.54) is 19.8 Å². The van der Waals surface area contributed by atoms with Crippen molar-refractivity contribution in [1.29, 1.82) is 0 Å². The highest BCUT2D eigenvalue weighted by Gasteiger charge is 2.11. The lowest BCUT2D eigenvalue weighted by Crippen LogP contribution is -2.11. The second kappa shape index (κ2) is 5.65. The van der Waals surface area contributed by atoms with Crippen molar-refractivity contribution in [1.82, 2.24) is 0 Å². The summed E-state index contributed by atoms with van der Waals surface area (Å²) in [6.45, 7) is 2.09. The van der Waals surface area contributed by atoms with Crippen molar-refractivity contribution < 1.29 is 0 Å². The first-order valence-corrected chi connectivity index (χ1v) is 7.72. The Kier molecular flexibility index (Phi) is 4.42. The molecule has 0 radical (unpaired) electrons. The molecule has 17 heavy (non-hydrogen) atoms. The zero-order chi connectivity index (χ0) is 12.4. The predicted octanol–water partition coefficient (Wildman–Crippen LogP) is 4.82. The molecule has 2 N–H and O–H groups in total. The Labute approximate surface area is 122 Å². The smallest absolute Gasteiger partial charge is 0.0731 e. The average Bonchev–Trinajstić information content (AvgIpc) is 2.63. The van der Waals surface area contributed by atoms with Crippen LogP contribution in [-0.2, 0) is 6.42 Å². The van der Waals surface area contributed by atoms with E-state index in [0.29, 0.717) is 0 Å². The van der Waals surface area contributed by atoms with Crippen molar-refractivity contribution in [3.63, 3.8) is 0 Å². The lowest BCUT2D eigenvalue weighted by atomic mass is 10.1. The van der Waals surface area contributed by atoms with Crippen LogP contribution in [0.3, 0.4) is 0 Å². The molecule has 1 aromatic carbocycles. The standard InChI is InChI=1S/C13H13Br2NS/c1-8-6-12(17-13(8)15)11(16)7-9-2-4-10(14)5-3-9/h2-6,11H,7,16H2,1H3. The lowest BCUT2D eigenvalue weighted by molar-refractivity contribution is 0.736. The van der Waals surface area contributed by atoms with Crippen LogP contribution in [-0.4, -0.2) is 0 Å². The van der Waals surface area contributed by atoms with Gasteiger partial charge in [-0.2, -0.15) is 0 Å². The minimum atomic E-state index is 0.0752. The quantitative estimate of drug-likeness (QED) is 0.818. The summed E-state index contributed by atoms with van der Waals surface area (Å²) < 4.78 is 2.28. The van der Waals surface area contributed by atoms with Crippen LogP contribution >= 0.6 is 43.2 Å². The molecule has 1 nitrogen and oxygen atoms in total. The molecule has 2 rings (SSSR count). The van der Waals surface area contributed by atoms with Crippen LogP contribution in [0, 0.1) is 6.92 Å². The van der Waals surface area contributed by atoms with Crippen LogP contribution in [0.5, 0.6) is 0 Å². The van der Waals surface area contributed by atoms with Gasteiger partial charge in [0.15, 0.2) is 0 Å². The fraction of sp³-hybridized carbons (Fsp3) is 0.231. The third kappa shape index (κ3) is 3.41. The first kappa shape index (κ1) is 13.3. The number of hydrogen-bond acceptors (Lipinski definition) is 2. The molecule has 2 aromatic rings. The highest BCUT2D eigenvalue weighted by atomic mass is 79.9. The minimum absolute atomic E-state index is 0.0752. The molecule has 0 bridgehead atoms. The van der Waals surface area contributed by atoms with E-state index in [1.54, 1.807) is 11.3 Å². The molecule has 1 unspecified atom stereocenters. The molecule has 0 saturated carbocycles. The average molecular weight is 375 g/mol. The van der Waals surface area contributed by atoms with Crippen LogP contribution < -0.4 is 5.73 Å². The molecule has 0 aliphatic carbocycles. The molecule has 0 saturated heterocycles. The molecule has 4 heteroatoms. The van der Waals surface area contributed by atoms with Crippen molar-refractivity contribution in [2.75, 3.05) is 0 Å². The summed E-state index contributed by atoms with van der Waals surface area (Å²) in [5, 5.41) is 0. The van der Waals surface area contributed by atoms with Crippen molar-refractivity contribution in [2.45, 2.75) is 19.4 Å². The molecule has 0 spiro atoms. The van der Waals surface area contributed by atoms with Crippen LogP contribution in [0.2, 0.25) is 0 Å². The van der Waals surface area contributed by atoms with Gasteiger partial charge in [-0.3, -0.25) is 0 Å². The van der Waals surface area contributed by atoms with Crippen LogP contribution in [0.1, 0.15) is 22.0 Å². The van der Waals surface area contributed by atoms with Crippen LogP contribution in [0.4, 0.5) is 0 Å². The van der Waals surface area contributed by atoms with Gasteiger partial charge in [-0.15, -0.1) is 11.3 Å². The van der Waals surface area contributed by atoms with Crippen LogP contribution in [0.25, 0.3) is 0 Å². The van der Waals surface area contributed by atoms with E-state index in [-0.39, 0.29) is 6.04 Å². The molecule has 1 heterocycles. The summed E-state index contributed by atoms with van der Waals surface area (Å²) in [6, 6.07) is 10.6. The molecule has 0 aliphatic heterocycles. The minimum Gasteiger partial charge on any atom is -0.323 e. The Morgan fingerprint density at radius 1 is 1.24 bits per heavy atom. The lowest BCUT2D eigenvalue weighted by Gasteiger charge is -2.09. The summed E-state index contributed by atoms with van der Waals surface area (Å²) >= 11 is 8.70. The Balaban J connectivity index is 2.11. The molecule has 1 atom stereocenters. The molecule has 90 valence electrons. The number of aryl methyl sites for hydroxylation is 1. The number of hydrogen-bond donors (Lipinski definition) is 1. The van der Waals surface area contributed by atoms with Gasteiger partial charge >= 0.3 is 0 Å². The van der Waals surface area contributed by atoms with E-state index in [9.17, 15) is 0 Å². The monoisotopic (exact) mass is 373 g/mol. The summed E-state index contributed by atoms with van der Waals surface area (Å²) in [7, 11) is 0. The fourth-order valence-corrected chi connectivity index (χ4v) is 3.48. The molecule has 0 aliphatic rings. The number of benzene rings is 1. The van der Waals surface area contributed by atoms with Gasteiger partial charge in [0.2, 0.25) is 0 Å². The fourth-order valence-electron chi connectivity index (χ4n) is 1.64. The normalized spacial score (nSPS) is 12.7. The zero-order valence-corrected chi connectivity index (χ0v) is 13.4. The molecule has 0 fully saturated rings. The maximum Gasteiger partial charge on any atom is 0.0731 e. The third-order valence-electron chi connectivity index (χ3n) is 2.61. The highest BCUT2D eigenvalue weighted by molar-refractivity contribution is 9.11. The van der Waals surface area contributed by atoms with Crippen molar-refractivity contribution in [3.05, 3.63) is 54.6 Å². The maximum absolute atomic E-state index is 6.23. The van der Waals surface area contributed by atoms with E-state index < -0.39 is 0 Å². The first-order valence-electron chi connectivity index (χ1n) is 5.32. The molecule has 1 aromatic heterocycles. The Bertz CT molecular complexity index is 485. The number of halogens is 2. The van der Waals surface area contributed by atoms with Gasteiger partial charge in [0.05, 0.1) is 3.79 Å². The summed E-state index contributed by atoms with van der Waals surface area (Å²) in [6.07, 6.45) is 0.875. The topological polar surface area (TPSA) is 26.0 Å². The second-order valence-electron chi connectivity index (χ2n) is 4.04. The van der Waals surface area contributed by atoms with Gasteiger partial charge in [0.25, 0.3) is 0 Å². The first-order chi connectivity index (χ1) is 8.06. The van der Waals surface area contributed by atoms with E-state index in [0.717, 1.165) is 10.9 Å². The molecular formula is C13H13Br2NS. The maximum atomic E-state index is 6.23. The summed E-state index contributed by atoms with van der Waals surface area (Å²) in [4.78, 5) is 1.23. The van der Waals surface area contributed by atoms with E-state index in [2.05, 4.69) is 69.1 Å². The predicted molar refractivity (Wildman–Crippen MR) is 81.5 cm³/mol. The Morgan fingerprint density at radius 2 is 1.88 bits per heavy atom. The van der Waals surface area contributed by atoms with Gasteiger partial charge in [0.1, 0.15) is 0 Å². The SMILES string of the molecule is Cc1cc(C(N)Cc2ccc(Br)cc2)sc1Br. The highest BCUT2D eigenvalue weighted by Crippen LogP contribution is 2.31. The number of thiophene rings is 1. The van der Waals surface area contributed by atoms with Crippen molar-refractivity contribution >= 4 is 43.2 Å². The number of rotatable bonds is 3.